The van der Waals surface area contributed by atoms with Crippen LogP contribution in [-0.2, 0) is 4.79 Å². The van der Waals surface area contributed by atoms with Gasteiger partial charge in [0.05, 0.1) is 12.2 Å². The molecule has 3 rings (SSSR count). The molecule has 1 aromatic heterocycles. The maximum absolute atomic E-state index is 12.2. The summed E-state index contributed by atoms with van der Waals surface area (Å²) in [5.41, 5.74) is 0.901. The molecule has 1 aliphatic rings. The lowest BCUT2D eigenvalue weighted by molar-refractivity contribution is -0.130. The molecular weight excluding hydrogens is 264 g/mol. The summed E-state index contributed by atoms with van der Waals surface area (Å²) >= 11 is 0. The number of fused-ring (bicyclic) bond motifs is 1. The third-order valence-corrected chi connectivity index (χ3v) is 3.99. The Morgan fingerprint density at radius 3 is 2.62 bits per heavy atom. The number of rotatable bonds is 3. The van der Waals surface area contributed by atoms with Gasteiger partial charge in [0.2, 0.25) is 5.91 Å². The van der Waals surface area contributed by atoms with Crippen LogP contribution < -0.4 is 5.32 Å². The highest BCUT2D eigenvalue weighted by Gasteiger charge is 2.16. The van der Waals surface area contributed by atoms with Gasteiger partial charge >= 0.3 is 0 Å². The van der Waals surface area contributed by atoms with E-state index in [9.17, 15) is 4.79 Å². The number of amides is 1. The summed E-state index contributed by atoms with van der Waals surface area (Å²) in [4.78, 5) is 14.1. The first kappa shape index (κ1) is 13.8. The Bertz CT molecular complexity index is 650. The second-order valence-corrected chi connectivity index (χ2v) is 5.47. The van der Waals surface area contributed by atoms with Gasteiger partial charge in [-0.3, -0.25) is 4.79 Å². The molecule has 21 heavy (non-hydrogen) atoms. The Hall–Kier alpha value is -2.17. The van der Waals surface area contributed by atoms with Crippen LogP contribution in [0.4, 0.5) is 5.82 Å². The molecule has 2 heterocycles. The number of anilines is 1. The zero-order valence-electron chi connectivity index (χ0n) is 12.3. The van der Waals surface area contributed by atoms with E-state index in [0.717, 1.165) is 42.4 Å². The fourth-order valence-electron chi connectivity index (χ4n) is 2.78. The summed E-state index contributed by atoms with van der Waals surface area (Å²) < 4.78 is 0. The molecule has 0 bridgehead atoms. The van der Waals surface area contributed by atoms with Gasteiger partial charge in [0.1, 0.15) is 0 Å². The topological polar surface area (TPSA) is 58.1 Å². The predicted molar refractivity (Wildman–Crippen MR) is 83.2 cm³/mol. The standard InChI is InChI=1S/C16H20N4O/c1-12-13-7-3-4-8-14(13)16(19-18-12)17-11-15(21)20-9-5-2-6-10-20/h3-4,7-8H,2,5-6,9-11H2,1H3,(H,17,19). The zero-order chi connectivity index (χ0) is 14.7. The highest BCUT2D eigenvalue weighted by Crippen LogP contribution is 2.22. The molecule has 1 aromatic carbocycles. The number of hydrogen-bond donors (Lipinski definition) is 1. The van der Waals surface area contributed by atoms with Crippen LogP contribution in [-0.4, -0.2) is 40.6 Å². The number of carbonyl (C=O) groups is 1. The van der Waals surface area contributed by atoms with Gasteiger partial charge in [-0.05, 0) is 26.2 Å². The van der Waals surface area contributed by atoms with Crippen LogP contribution in [0.1, 0.15) is 25.0 Å². The van der Waals surface area contributed by atoms with Crippen molar-refractivity contribution in [2.24, 2.45) is 0 Å². The molecule has 1 aliphatic heterocycles. The second-order valence-electron chi connectivity index (χ2n) is 5.47. The minimum Gasteiger partial charge on any atom is -0.359 e. The Morgan fingerprint density at radius 1 is 1.14 bits per heavy atom. The Labute approximate surface area is 124 Å². The third kappa shape index (κ3) is 2.96. The summed E-state index contributed by atoms with van der Waals surface area (Å²) in [6.45, 7) is 3.97. The van der Waals surface area contributed by atoms with Gasteiger partial charge in [0.25, 0.3) is 0 Å². The molecule has 0 radical (unpaired) electrons. The summed E-state index contributed by atoms with van der Waals surface area (Å²) in [7, 11) is 0. The molecular formula is C16H20N4O. The molecule has 0 unspecified atom stereocenters. The van der Waals surface area contributed by atoms with Crippen LogP contribution in [0.15, 0.2) is 24.3 Å². The van der Waals surface area contributed by atoms with Crippen molar-refractivity contribution in [2.45, 2.75) is 26.2 Å². The summed E-state index contributed by atoms with van der Waals surface area (Å²) in [5, 5.41) is 13.6. The van der Waals surface area contributed by atoms with E-state index >= 15 is 0 Å². The predicted octanol–water partition coefficient (Wildman–Crippen LogP) is 2.36. The lowest BCUT2D eigenvalue weighted by atomic mass is 10.1. The average molecular weight is 284 g/mol. The largest absolute Gasteiger partial charge is 0.359 e. The van der Waals surface area contributed by atoms with Gasteiger partial charge < -0.3 is 10.2 Å². The quantitative estimate of drug-likeness (QED) is 0.940. The molecule has 5 nitrogen and oxygen atoms in total. The Morgan fingerprint density at radius 2 is 1.86 bits per heavy atom. The van der Waals surface area contributed by atoms with Gasteiger partial charge in [0.15, 0.2) is 5.82 Å². The maximum atomic E-state index is 12.2. The van der Waals surface area contributed by atoms with Crippen molar-refractivity contribution in [3.63, 3.8) is 0 Å². The third-order valence-electron chi connectivity index (χ3n) is 3.99. The lowest BCUT2D eigenvalue weighted by Gasteiger charge is -2.26. The van der Waals surface area contributed by atoms with Gasteiger partial charge in [-0.15, -0.1) is 5.10 Å². The van der Waals surface area contributed by atoms with Gasteiger partial charge in [0, 0.05) is 23.9 Å². The number of carbonyl (C=O) groups excluding carboxylic acids is 1. The van der Waals surface area contributed by atoms with Crippen molar-refractivity contribution in [3.05, 3.63) is 30.0 Å². The van der Waals surface area contributed by atoms with E-state index in [2.05, 4.69) is 15.5 Å². The monoisotopic (exact) mass is 284 g/mol. The Balaban J connectivity index is 1.73. The van der Waals surface area contributed by atoms with Crippen molar-refractivity contribution in [1.82, 2.24) is 15.1 Å². The molecule has 2 aromatic rings. The molecule has 0 saturated carbocycles. The SMILES string of the molecule is Cc1nnc(NCC(=O)N2CCCCC2)c2ccccc12. The number of likely N-dealkylation sites (tertiary alicyclic amines) is 1. The number of nitrogens with zero attached hydrogens (tertiary/aromatic N) is 3. The highest BCUT2D eigenvalue weighted by atomic mass is 16.2. The fraction of sp³-hybridized carbons (Fsp3) is 0.438. The van der Waals surface area contributed by atoms with E-state index in [1.807, 2.05) is 36.1 Å². The molecule has 1 fully saturated rings. The zero-order valence-corrected chi connectivity index (χ0v) is 12.3. The minimum atomic E-state index is 0.140. The summed E-state index contributed by atoms with van der Waals surface area (Å²) in [6, 6.07) is 7.99. The summed E-state index contributed by atoms with van der Waals surface area (Å²) in [5.74, 6) is 0.822. The maximum Gasteiger partial charge on any atom is 0.241 e. The van der Waals surface area contributed by atoms with Gasteiger partial charge in [-0.1, -0.05) is 24.3 Å². The molecule has 0 spiro atoms. The van der Waals surface area contributed by atoms with Crippen LogP contribution in [0.2, 0.25) is 0 Å². The number of aromatic nitrogens is 2. The minimum absolute atomic E-state index is 0.140. The van der Waals surface area contributed by atoms with Crippen molar-refractivity contribution < 1.29 is 4.79 Å². The lowest BCUT2D eigenvalue weighted by Crippen LogP contribution is -2.39. The number of piperidine rings is 1. The molecule has 5 heteroatoms. The van der Waals surface area contributed by atoms with Crippen molar-refractivity contribution in [2.75, 3.05) is 25.0 Å². The molecule has 0 atom stereocenters. The number of hydrogen-bond acceptors (Lipinski definition) is 4. The van der Waals surface area contributed by atoms with Crippen LogP contribution in [0, 0.1) is 6.92 Å². The molecule has 1 amide bonds. The number of nitrogens with one attached hydrogen (secondary N) is 1. The van der Waals surface area contributed by atoms with E-state index in [4.69, 9.17) is 0 Å². The first-order valence-corrected chi connectivity index (χ1v) is 7.49. The molecule has 1 N–H and O–H groups in total. The van der Waals surface area contributed by atoms with E-state index in [-0.39, 0.29) is 12.5 Å². The summed E-state index contributed by atoms with van der Waals surface area (Å²) in [6.07, 6.45) is 3.45. The number of aryl methyl sites for hydroxylation is 1. The van der Waals surface area contributed by atoms with Gasteiger partial charge in [-0.2, -0.15) is 5.10 Å². The van der Waals surface area contributed by atoms with E-state index in [1.54, 1.807) is 0 Å². The van der Waals surface area contributed by atoms with Crippen molar-refractivity contribution in [1.29, 1.82) is 0 Å². The van der Waals surface area contributed by atoms with E-state index in [0.29, 0.717) is 5.82 Å². The van der Waals surface area contributed by atoms with Crippen LogP contribution in [0.3, 0.4) is 0 Å². The molecule has 0 aliphatic carbocycles. The second kappa shape index (κ2) is 6.08. The Kier molecular flexibility index (Phi) is 3.99. The van der Waals surface area contributed by atoms with Crippen LogP contribution in [0.5, 0.6) is 0 Å². The van der Waals surface area contributed by atoms with Gasteiger partial charge in [-0.25, -0.2) is 0 Å². The number of benzene rings is 1. The first-order valence-electron chi connectivity index (χ1n) is 7.49. The fourth-order valence-corrected chi connectivity index (χ4v) is 2.78. The van der Waals surface area contributed by atoms with Crippen molar-refractivity contribution in [3.8, 4) is 0 Å². The smallest absolute Gasteiger partial charge is 0.241 e. The van der Waals surface area contributed by atoms with Crippen LogP contribution >= 0.6 is 0 Å². The normalized spacial score (nSPS) is 15.2. The first-order chi connectivity index (χ1) is 10.3. The molecule has 1 saturated heterocycles. The van der Waals surface area contributed by atoms with E-state index in [1.165, 1.54) is 6.42 Å². The highest BCUT2D eigenvalue weighted by molar-refractivity contribution is 5.94. The molecule has 110 valence electrons. The van der Waals surface area contributed by atoms with Crippen molar-refractivity contribution >= 4 is 22.5 Å². The average Bonchev–Trinajstić information content (AvgIpc) is 2.55. The van der Waals surface area contributed by atoms with Crippen LogP contribution in [0.25, 0.3) is 10.8 Å². The van der Waals surface area contributed by atoms with E-state index < -0.39 is 0 Å².